The highest BCUT2D eigenvalue weighted by Crippen LogP contribution is 2.49. The second kappa shape index (κ2) is 5.56. The average Bonchev–Trinajstić information content (AvgIpc) is 3.09. The van der Waals surface area contributed by atoms with E-state index in [1.54, 1.807) is 6.20 Å². The first-order valence-electron chi connectivity index (χ1n) is 8.72. The lowest BCUT2D eigenvalue weighted by Gasteiger charge is -2.28. The van der Waals surface area contributed by atoms with Gasteiger partial charge in [-0.15, -0.1) is 0 Å². The lowest BCUT2D eigenvalue weighted by Crippen LogP contribution is -2.40. The Morgan fingerprint density at radius 2 is 2.09 bits per heavy atom. The molecule has 2 N–H and O–H groups in total. The van der Waals surface area contributed by atoms with Crippen molar-refractivity contribution in [2.24, 2.45) is 17.8 Å². The quantitative estimate of drug-likeness (QED) is 0.878. The molecule has 4 heteroatoms. The number of carbonyl (C=O) groups is 1. The third kappa shape index (κ3) is 2.83. The molecule has 4 rings (SSSR count). The Morgan fingerprint density at radius 3 is 2.68 bits per heavy atom. The number of anilines is 1. The molecule has 0 saturated heterocycles. The number of fused-ring (bicyclic) bond motifs is 2. The molecule has 1 aromatic rings. The van der Waals surface area contributed by atoms with Gasteiger partial charge in [0.25, 0.3) is 5.91 Å². The van der Waals surface area contributed by atoms with Crippen LogP contribution in [0.25, 0.3) is 0 Å². The van der Waals surface area contributed by atoms with Gasteiger partial charge in [-0.3, -0.25) is 4.79 Å². The monoisotopic (exact) mass is 299 g/mol. The largest absolute Gasteiger partial charge is 0.367 e. The molecule has 3 aliphatic rings. The summed E-state index contributed by atoms with van der Waals surface area (Å²) in [5.74, 6) is 3.32. The first-order chi connectivity index (χ1) is 10.7. The van der Waals surface area contributed by atoms with Gasteiger partial charge in [0, 0.05) is 18.3 Å². The van der Waals surface area contributed by atoms with Crippen LogP contribution >= 0.6 is 0 Å². The molecular formula is C18H25N3O. The average molecular weight is 299 g/mol. The van der Waals surface area contributed by atoms with Crippen LogP contribution in [0.2, 0.25) is 0 Å². The summed E-state index contributed by atoms with van der Waals surface area (Å²) in [5.41, 5.74) is 0.663. The van der Waals surface area contributed by atoms with Crippen molar-refractivity contribution in [3.05, 3.63) is 23.9 Å². The number of hydrogen-bond acceptors (Lipinski definition) is 3. The van der Waals surface area contributed by atoms with Crippen LogP contribution < -0.4 is 10.6 Å². The Hall–Kier alpha value is -1.58. The molecule has 3 fully saturated rings. The Morgan fingerprint density at radius 1 is 1.23 bits per heavy atom. The van der Waals surface area contributed by atoms with Crippen LogP contribution in [0.1, 0.15) is 55.8 Å². The second-order valence-corrected chi connectivity index (χ2v) is 7.45. The molecule has 0 aromatic carbocycles. The molecule has 3 saturated carbocycles. The maximum Gasteiger partial charge on any atom is 0.253 e. The van der Waals surface area contributed by atoms with Gasteiger partial charge in [-0.2, -0.15) is 0 Å². The van der Waals surface area contributed by atoms with Crippen LogP contribution in [-0.2, 0) is 0 Å². The molecule has 118 valence electrons. The van der Waals surface area contributed by atoms with Crippen molar-refractivity contribution in [3.8, 4) is 0 Å². The first-order valence-corrected chi connectivity index (χ1v) is 8.72. The summed E-state index contributed by atoms with van der Waals surface area (Å²) in [5, 5.41) is 6.54. The normalized spacial score (nSPS) is 31.0. The predicted octanol–water partition coefficient (Wildman–Crippen LogP) is 3.21. The fourth-order valence-corrected chi connectivity index (χ4v) is 4.35. The third-order valence-electron chi connectivity index (χ3n) is 5.75. The molecule has 4 atom stereocenters. The highest BCUT2D eigenvalue weighted by molar-refractivity contribution is 5.94. The summed E-state index contributed by atoms with van der Waals surface area (Å²) >= 11 is 0. The van der Waals surface area contributed by atoms with Crippen molar-refractivity contribution >= 4 is 11.7 Å². The molecule has 4 nitrogen and oxygen atoms in total. The molecule has 0 radical (unpaired) electrons. The molecule has 1 aromatic heterocycles. The summed E-state index contributed by atoms with van der Waals surface area (Å²) in [6.45, 7) is 2.17. The number of aromatic nitrogens is 1. The maximum absolute atomic E-state index is 12.4. The highest BCUT2D eigenvalue weighted by atomic mass is 16.1. The van der Waals surface area contributed by atoms with Crippen LogP contribution in [-0.4, -0.2) is 23.0 Å². The summed E-state index contributed by atoms with van der Waals surface area (Å²) < 4.78 is 0. The first kappa shape index (κ1) is 14.0. The van der Waals surface area contributed by atoms with Gasteiger partial charge in [0.2, 0.25) is 0 Å². The van der Waals surface area contributed by atoms with E-state index in [9.17, 15) is 4.79 Å². The summed E-state index contributed by atoms with van der Waals surface area (Å²) in [7, 11) is 0. The minimum atomic E-state index is 0.0146. The molecule has 4 unspecified atom stereocenters. The number of hydrogen-bond donors (Lipinski definition) is 2. The number of nitrogens with zero attached hydrogens (tertiary/aromatic N) is 1. The Kier molecular flexibility index (Phi) is 3.55. The lowest BCUT2D eigenvalue weighted by atomic mass is 9.84. The summed E-state index contributed by atoms with van der Waals surface area (Å²) in [6.07, 6.45) is 9.59. The third-order valence-corrected chi connectivity index (χ3v) is 5.75. The minimum Gasteiger partial charge on any atom is -0.367 e. The standard InChI is InChI=1S/C18H25N3O/c1-11(16-9-12-2-3-13(16)8-12)20-18(22)14-4-7-17(19-10-14)21-15-5-6-15/h4,7,10-13,15-16H,2-3,5-6,8-9H2,1H3,(H,19,21)(H,20,22). The van der Waals surface area contributed by atoms with Crippen LogP contribution in [0.15, 0.2) is 18.3 Å². The zero-order chi connectivity index (χ0) is 15.1. The summed E-state index contributed by atoms with van der Waals surface area (Å²) in [4.78, 5) is 16.7. The highest BCUT2D eigenvalue weighted by Gasteiger charge is 2.42. The van der Waals surface area contributed by atoms with Gasteiger partial charge in [0.15, 0.2) is 0 Å². The van der Waals surface area contributed by atoms with Crippen molar-refractivity contribution in [3.63, 3.8) is 0 Å². The van der Waals surface area contributed by atoms with Crippen molar-refractivity contribution < 1.29 is 4.79 Å². The van der Waals surface area contributed by atoms with E-state index in [1.807, 2.05) is 12.1 Å². The van der Waals surface area contributed by atoms with E-state index in [2.05, 4.69) is 22.5 Å². The maximum atomic E-state index is 12.4. The van der Waals surface area contributed by atoms with Gasteiger partial charge in [-0.1, -0.05) is 6.42 Å². The van der Waals surface area contributed by atoms with Gasteiger partial charge in [0.05, 0.1) is 5.56 Å². The van der Waals surface area contributed by atoms with Gasteiger partial charge >= 0.3 is 0 Å². The topological polar surface area (TPSA) is 54.0 Å². The smallest absolute Gasteiger partial charge is 0.253 e. The van der Waals surface area contributed by atoms with E-state index >= 15 is 0 Å². The number of rotatable bonds is 5. The Bertz CT molecular complexity index is 552. The van der Waals surface area contributed by atoms with Crippen molar-refractivity contribution in [2.75, 3.05) is 5.32 Å². The van der Waals surface area contributed by atoms with Crippen molar-refractivity contribution in [2.45, 2.75) is 57.5 Å². The van der Waals surface area contributed by atoms with E-state index < -0.39 is 0 Å². The molecule has 3 aliphatic carbocycles. The van der Waals surface area contributed by atoms with Gasteiger partial charge in [0.1, 0.15) is 5.82 Å². The van der Waals surface area contributed by atoms with Crippen LogP contribution in [0.5, 0.6) is 0 Å². The number of carbonyl (C=O) groups excluding carboxylic acids is 1. The number of pyridine rings is 1. The Balaban J connectivity index is 1.34. The van der Waals surface area contributed by atoms with E-state index in [1.165, 1.54) is 38.5 Å². The number of nitrogens with one attached hydrogen (secondary N) is 2. The minimum absolute atomic E-state index is 0.0146. The number of amides is 1. The van der Waals surface area contributed by atoms with E-state index in [-0.39, 0.29) is 11.9 Å². The zero-order valence-corrected chi connectivity index (χ0v) is 13.2. The SMILES string of the molecule is CC(NC(=O)c1ccc(NC2CC2)nc1)C1CC2CCC1C2. The molecule has 1 heterocycles. The van der Waals surface area contributed by atoms with E-state index in [0.717, 1.165) is 17.7 Å². The fourth-order valence-electron chi connectivity index (χ4n) is 4.35. The molecule has 22 heavy (non-hydrogen) atoms. The lowest BCUT2D eigenvalue weighted by molar-refractivity contribution is 0.0915. The zero-order valence-electron chi connectivity index (χ0n) is 13.2. The second-order valence-electron chi connectivity index (χ2n) is 7.45. The van der Waals surface area contributed by atoms with Gasteiger partial charge in [-0.25, -0.2) is 4.98 Å². The molecule has 0 spiro atoms. The van der Waals surface area contributed by atoms with Crippen LogP contribution in [0.3, 0.4) is 0 Å². The van der Waals surface area contributed by atoms with Crippen LogP contribution in [0, 0.1) is 17.8 Å². The van der Waals surface area contributed by atoms with Gasteiger partial charge in [-0.05, 0) is 68.9 Å². The Labute approximate surface area is 132 Å². The summed E-state index contributed by atoms with van der Waals surface area (Å²) in [6, 6.07) is 4.65. The fraction of sp³-hybridized carbons (Fsp3) is 0.667. The molecule has 1 amide bonds. The molecule has 0 aliphatic heterocycles. The van der Waals surface area contributed by atoms with Gasteiger partial charge < -0.3 is 10.6 Å². The molecular weight excluding hydrogens is 274 g/mol. The van der Waals surface area contributed by atoms with Crippen LogP contribution in [0.4, 0.5) is 5.82 Å². The van der Waals surface area contributed by atoms with Crippen molar-refractivity contribution in [1.29, 1.82) is 0 Å². The van der Waals surface area contributed by atoms with E-state index in [0.29, 0.717) is 17.5 Å². The molecule has 2 bridgehead atoms. The van der Waals surface area contributed by atoms with Crippen molar-refractivity contribution in [1.82, 2.24) is 10.3 Å². The predicted molar refractivity (Wildman–Crippen MR) is 86.7 cm³/mol. The van der Waals surface area contributed by atoms with E-state index in [4.69, 9.17) is 0 Å².